The molecule has 0 saturated carbocycles. The van der Waals surface area contributed by atoms with Crippen molar-refractivity contribution < 1.29 is 9.18 Å². The van der Waals surface area contributed by atoms with Crippen LogP contribution in [0.3, 0.4) is 0 Å². The molecule has 28 heavy (non-hydrogen) atoms. The van der Waals surface area contributed by atoms with Gasteiger partial charge in [0.15, 0.2) is 5.78 Å². The van der Waals surface area contributed by atoms with Crippen molar-refractivity contribution in [2.24, 2.45) is 5.92 Å². The minimum atomic E-state index is -0.469. The van der Waals surface area contributed by atoms with Crippen LogP contribution < -0.4 is 0 Å². The average Bonchev–Trinajstić information content (AvgIpc) is 2.70. The van der Waals surface area contributed by atoms with Gasteiger partial charge in [-0.3, -0.25) is 9.69 Å². The Morgan fingerprint density at radius 1 is 1.07 bits per heavy atom. The van der Waals surface area contributed by atoms with Gasteiger partial charge in [0.2, 0.25) is 0 Å². The van der Waals surface area contributed by atoms with Crippen LogP contribution in [0.1, 0.15) is 53.6 Å². The van der Waals surface area contributed by atoms with E-state index in [4.69, 9.17) is 5.26 Å². The zero-order valence-corrected chi connectivity index (χ0v) is 16.0. The molecule has 2 aliphatic rings. The van der Waals surface area contributed by atoms with Gasteiger partial charge in [-0.15, -0.1) is 0 Å². The van der Waals surface area contributed by atoms with Crippen LogP contribution in [0.25, 0.3) is 0 Å². The highest BCUT2D eigenvalue weighted by Gasteiger charge is 2.41. The minimum Gasteiger partial charge on any atom is -0.294 e. The molecule has 0 aromatic heterocycles. The number of hydrogen-bond donors (Lipinski definition) is 0. The molecule has 2 atom stereocenters. The molecule has 2 saturated heterocycles. The molecule has 0 aliphatic carbocycles. The molecule has 144 valence electrons. The molecule has 4 heteroatoms. The van der Waals surface area contributed by atoms with Gasteiger partial charge >= 0.3 is 0 Å². The molecule has 0 amide bonds. The van der Waals surface area contributed by atoms with Crippen molar-refractivity contribution in [2.45, 2.75) is 57.2 Å². The number of benzene rings is 2. The maximum absolute atomic E-state index is 14.4. The van der Waals surface area contributed by atoms with Crippen molar-refractivity contribution in [3.8, 4) is 6.07 Å². The van der Waals surface area contributed by atoms with Gasteiger partial charge in [-0.25, -0.2) is 4.39 Å². The van der Waals surface area contributed by atoms with E-state index in [1.807, 2.05) is 6.07 Å². The van der Waals surface area contributed by atoms with E-state index in [1.54, 1.807) is 12.1 Å². The summed E-state index contributed by atoms with van der Waals surface area (Å²) in [7, 11) is 0. The number of Topliss-reactive ketones (excluding diaryl/α,β-unsaturated/α-hetero) is 1. The molecule has 2 aromatic rings. The zero-order valence-electron chi connectivity index (χ0n) is 16.0. The van der Waals surface area contributed by atoms with E-state index in [0.717, 1.165) is 32.2 Å². The van der Waals surface area contributed by atoms with Crippen LogP contribution in [0.5, 0.6) is 0 Å². The van der Waals surface area contributed by atoms with Gasteiger partial charge in [0.05, 0.1) is 18.1 Å². The summed E-state index contributed by atoms with van der Waals surface area (Å²) in [5.41, 5.74) is 2.17. The fraction of sp³-hybridized carbons (Fsp3) is 0.417. The number of ketones is 1. The van der Waals surface area contributed by atoms with E-state index in [9.17, 15) is 9.18 Å². The molecule has 2 aromatic carbocycles. The normalized spacial score (nSPS) is 24.5. The van der Waals surface area contributed by atoms with Gasteiger partial charge in [0, 0.05) is 24.5 Å². The molecule has 2 aliphatic heterocycles. The highest BCUT2D eigenvalue weighted by Crippen LogP contribution is 2.39. The van der Waals surface area contributed by atoms with Crippen molar-refractivity contribution in [1.29, 1.82) is 5.26 Å². The molecule has 0 radical (unpaired) electrons. The number of fused-ring (bicyclic) bond motifs is 2. The summed E-state index contributed by atoms with van der Waals surface area (Å²) < 4.78 is 14.4. The zero-order chi connectivity index (χ0) is 19.5. The van der Waals surface area contributed by atoms with Gasteiger partial charge in [-0.05, 0) is 48.9 Å². The Bertz CT molecular complexity index is 875. The monoisotopic (exact) mass is 376 g/mol. The van der Waals surface area contributed by atoms with E-state index in [2.05, 4.69) is 35.2 Å². The number of hydrogen-bond acceptors (Lipinski definition) is 3. The van der Waals surface area contributed by atoms with Crippen LogP contribution in [-0.4, -0.2) is 22.8 Å². The van der Waals surface area contributed by atoms with Crippen molar-refractivity contribution in [3.63, 3.8) is 0 Å². The van der Waals surface area contributed by atoms with Crippen LogP contribution in [-0.2, 0) is 13.0 Å². The van der Waals surface area contributed by atoms with Crippen molar-refractivity contribution in [1.82, 2.24) is 4.90 Å². The van der Waals surface area contributed by atoms with Gasteiger partial charge in [0.1, 0.15) is 5.82 Å². The molecule has 2 heterocycles. The molecule has 0 N–H and O–H groups in total. The molecule has 4 rings (SSSR count). The first-order valence-corrected chi connectivity index (χ1v) is 10.1. The summed E-state index contributed by atoms with van der Waals surface area (Å²) in [5.74, 6) is -0.689. The lowest BCUT2D eigenvalue weighted by molar-refractivity contribution is 0.00895. The fourth-order valence-electron chi connectivity index (χ4n) is 4.93. The Labute approximate surface area is 165 Å². The van der Waals surface area contributed by atoms with E-state index in [0.29, 0.717) is 17.6 Å². The first-order chi connectivity index (χ1) is 13.7. The number of nitriles is 1. The molecule has 0 spiro atoms. The maximum Gasteiger partial charge on any atom is 0.169 e. The summed E-state index contributed by atoms with van der Waals surface area (Å²) in [6, 6.07) is 17.8. The third-order valence-corrected chi connectivity index (χ3v) is 6.28. The molecule has 3 nitrogen and oxygen atoms in total. The predicted molar refractivity (Wildman–Crippen MR) is 106 cm³/mol. The Balaban J connectivity index is 1.52. The highest BCUT2D eigenvalue weighted by molar-refractivity contribution is 5.98. The van der Waals surface area contributed by atoms with E-state index >= 15 is 0 Å². The number of carbonyl (C=O) groups excluding carboxylic acids is 1. The highest BCUT2D eigenvalue weighted by atomic mass is 19.1. The van der Waals surface area contributed by atoms with Crippen molar-refractivity contribution in [2.75, 3.05) is 0 Å². The topological polar surface area (TPSA) is 44.1 Å². The number of piperidine rings is 2. The van der Waals surface area contributed by atoms with Gasteiger partial charge in [-0.2, -0.15) is 5.26 Å². The van der Waals surface area contributed by atoms with Crippen LogP contribution in [0.4, 0.5) is 4.39 Å². The summed E-state index contributed by atoms with van der Waals surface area (Å²) >= 11 is 0. The predicted octanol–water partition coefficient (Wildman–Crippen LogP) is 4.91. The Kier molecular flexibility index (Phi) is 5.54. The van der Waals surface area contributed by atoms with Crippen molar-refractivity contribution >= 4 is 5.78 Å². The molecular weight excluding hydrogens is 351 g/mol. The second kappa shape index (κ2) is 8.24. The van der Waals surface area contributed by atoms with Crippen LogP contribution in [0, 0.1) is 23.1 Å². The van der Waals surface area contributed by atoms with Crippen LogP contribution >= 0.6 is 0 Å². The largest absolute Gasteiger partial charge is 0.294 e. The lowest BCUT2D eigenvalue weighted by Crippen LogP contribution is -2.52. The van der Waals surface area contributed by atoms with Gasteiger partial charge in [-0.1, -0.05) is 42.8 Å². The Hall–Kier alpha value is -2.51. The Morgan fingerprint density at radius 3 is 2.46 bits per heavy atom. The van der Waals surface area contributed by atoms with Gasteiger partial charge < -0.3 is 0 Å². The maximum atomic E-state index is 14.4. The number of carbonyl (C=O) groups is 1. The van der Waals surface area contributed by atoms with E-state index in [-0.39, 0.29) is 23.7 Å². The minimum absolute atomic E-state index is 0.0893. The fourth-order valence-corrected chi connectivity index (χ4v) is 4.93. The average molecular weight is 376 g/mol. The smallest absolute Gasteiger partial charge is 0.169 e. The summed E-state index contributed by atoms with van der Waals surface area (Å²) in [4.78, 5) is 15.7. The molecule has 2 bridgehead atoms. The molecular formula is C24H25FN2O. The van der Waals surface area contributed by atoms with Crippen LogP contribution in [0.2, 0.25) is 0 Å². The second-order valence-corrected chi connectivity index (χ2v) is 8.08. The standard InChI is InChI=1S/C24H25FN2O/c25-23-10-9-17(11-12-26)13-22(23)24(28)19-14-20-7-4-8-21(15-19)27(20)16-18-5-2-1-3-6-18/h1-3,5-6,9-10,13,19-21H,4,7-8,11,14-16H2. The summed E-state index contributed by atoms with van der Waals surface area (Å²) in [6.07, 6.45) is 5.19. The number of halogens is 1. The SMILES string of the molecule is N#CCc1ccc(F)c(C(=O)C2CC3CCCC(C2)N3Cc2ccccc2)c1. The Morgan fingerprint density at radius 2 is 1.79 bits per heavy atom. The lowest BCUT2D eigenvalue weighted by Gasteiger charge is -2.48. The van der Waals surface area contributed by atoms with Crippen molar-refractivity contribution in [3.05, 3.63) is 71.0 Å². The summed E-state index contributed by atoms with van der Waals surface area (Å²) in [6.45, 7) is 0.920. The third-order valence-electron chi connectivity index (χ3n) is 6.28. The van der Waals surface area contributed by atoms with Gasteiger partial charge in [0.25, 0.3) is 0 Å². The lowest BCUT2D eigenvalue weighted by atomic mass is 9.75. The van der Waals surface area contributed by atoms with E-state index < -0.39 is 5.82 Å². The van der Waals surface area contributed by atoms with Crippen LogP contribution in [0.15, 0.2) is 48.5 Å². The number of nitrogens with zero attached hydrogens (tertiary/aromatic N) is 2. The third kappa shape index (κ3) is 3.86. The first-order valence-electron chi connectivity index (χ1n) is 10.1. The second-order valence-electron chi connectivity index (χ2n) is 8.08. The first kappa shape index (κ1) is 18.8. The quantitative estimate of drug-likeness (QED) is 0.697. The van der Waals surface area contributed by atoms with E-state index in [1.165, 1.54) is 18.1 Å². The number of rotatable bonds is 5. The molecule has 2 unspecified atom stereocenters. The molecule has 2 fully saturated rings. The summed E-state index contributed by atoms with van der Waals surface area (Å²) in [5, 5.41) is 8.89.